The maximum atomic E-state index is 6.05. The summed E-state index contributed by atoms with van der Waals surface area (Å²) in [6.07, 6.45) is 0. The predicted octanol–water partition coefficient (Wildman–Crippen LogP) is 3.15. The van der Waals surface area contributed by atoms with E-state index in [1.165, 1.54) is 10.5 Å². The number of benzene rings is 2. The molecule has 100 valence electrons. The second kappa shape index (κ2) is 6.50. The lowest BCUT2D eigenvalue weighted by Gasteiger charge is -2.11. The van der Waals surface area contributed by atoms with E-state index < -0.39 is 0 Å². The first kappa shape index (κ1) is 13.8. The molecule has 0 heterocycles. The number of nitrogens with two attached hydrogens (primary N) is 1. The Hall–Kier alpha value is -1.65. The lowest BCUT2D eigenvalue weighted by atomic mass is 10.2. The quantitative estimate of drug-likeness (QED) is 0.822. The average Bonchev–Trinajstić information content (AvgIpc) is 2.43. The first-order valence-corrected chi connectivity index (χ1v) is 6.90. The second-order valence-electron chi connectivity index (χ2n) is 4.14. The van der Waals surface area contributed by atoms with E-state index in [0.29, 0.717) is 0 Å². The summed E-state index contributed by atoms with van der Waals surface area (Å²) >= 11 is 1.68. The largest absolute Gasteiger partial charge is 0.497 e. The zero-order valence-electron chi connectivity index (χ0n) is 11.1. The Morgan fingerprint density at radius 2 is 1.95 bits per heavy atom. The van der Waals surface area contributed by atoms with Crippen molar-refractivity contribution in [1.82, 2.24) is 5.32 Å². The van der Waals surface area contributed by atoms with E-state index in [9.17, 15) is 0 Å². The van der Waals surface area contributed by atoms with Crippen molar-refractivity contribution in [2.45, 2.75) is 16.3 Å². The van der Waals surface area contributed by atoms with Crippen LogP contribution in [0.5, 0.6) is 5.75 Å². The van der Waals surface area contributed by atoms with Gasteiger partial charge in [-0.25, -0.2) is 0 Å². The Labute approximate surface area is 118 Å². The van der Waals surface area contributed by atoms with Gasteiger partial charge in [0.15, 0.2) is 0 Å². The molecule has 0 aromatic heterocycles. The molecule has 3 nitrogen and oxygen atoms in total. The van der Waals surface area contributed by atoms with E-state index in [1.807, 2.05) is 37.4 Å². The van der Waals surface area contributed by atoms with E-state index in [-0.39, 0.29) is 0 Å². The molecule has 4 heteroatoms. The molecule has 0 aliphatic heterocycles. The van der Waals surface area contributed by atoms with Crippen LogP contribution in [0.2, 0.25) is 0 Å². The molecule has 0 atom stereocenters. The highest BCUT2D eigenvalue weighted by Crippen LogP contribution is 2.35. The van der Waals surface area contributed by atoms with Crippen LogP contribution in [0.3, 0.4) is 0 Å². The van der Waals surface area contributed by atoms with Gasteiger partial charge in [0.2, 0.25) is 0 Å². The van der Waals surface area contributed by atoms with E-state index in [0.717, 1.165) is 22.9 Å². The van der Waals surface area contributed by atoms with Crippen LogP contribution in [-0.4, -0.2) is 14.2 Å². The van der Waals surface area contributed by atoms with Gasteiger partial charge >= 0.3 is 0 Å². The lowest BCUT2D eigenvalue weighted by molar-refractivity contribution is 0.415. The van der Waals surface area contributed by atoms with Crippen molar-refractivity contribution in [2.75, 3.05) is 19.9 Å². The summed E-state index contributed by atoms with van der Waals surface area (Å²) < 4.78 is 5.16. The van der Waals surface area contributed by atoms with Gasteiger partial charge in [-0.1, -0.05) is 30.0 Å². The van der Waals surface area contributed by atoms with Crippen molar-refractivity contribution in [3.63, 3.8) is 0 Å². The SMILES string of the molecule is CNCc1ccccc1Sc1ccc(OC)cc1N. The minimum absolute atomic E-state index is 0.739. The molecule has 3 N–H and O–H groups in total. The number of rotatable bonds is 5. The number of nitrogens with one attached hydrogen (secondary N) is 1. The van der Waals surface area contributed by atoms with Crippen LogP contribution < -0.4 is 15.8 Å². The number of ether oxygens (including phenoxy) is 1. The Morgan fingerprint density at radius 3 is 2.63 bits per heavy atom. The summed E-state index contributed by atoms with van der Waals surface area (Å²) in [5, 5.41) is 3.18. The summed E-state index contributed by atoms with van der Waals surface area (Å²) in [6.45, 7) is 0.846. The monoisotopic (exact) mass is 274 g/mol. The predicted molar refractivity (Wildman–Crippen MR) is 80.7 cm³/mol. The first-order valence-electron chi connectivity index (χ1n) is 6.08. The third-order valence-electron chi connectivity index (χ3n) is 2.78. The highest BCUT2D eigenvalue weighted by Gasteiger charge is 2.07. The van der Waals surface area contributed by atoms with Crippen LogP contribution in [0, 0.1) is 0 Å². The number of anilines is 1. The van der Waals surface area contributed by atoms with Crippen LogP contribution in [0.1, 0.15) is 5.56 Å². The molecule has 0 spiro atoms. The second-order valence-corrected chi connectivity index (χ2v) is 5.23. The van der Waals surface area contributed by atoms with Gasteiger partial charge in [-0.05, 0) is 30.8 Å². The van der Waals surface area contributed by atoms with Crippen molar-refractivity contribution in [2.24, 2.45) is 0 Å². The summed E-state index contributed by atoms with van der Waals surface area (Å²) in [4.78, 5) is 2.26. The fourth-order valence-corrected chi connectivity index (χ4v) is 2.77. The highest BCUT2D eigenvalue weighted by atomic mass is 32.2. The smallest absolute Gasteiger partial charge is 0.120 e. The molecule has 2 rings (SSSR count). The van der Waals surface area contributed by atoms with Crippen LogP contribution >= 0.6 is 11.8 Å². The Morgan fingerprint density at radius 1 is 1.16 bits per heavy atom. The van der Waals surface area contributed by atoms with E-state index in [2.05, 4.69) is 17.4 Å². The van der Waals surface area contributed by atoms with Crippen molar-refractivity contribution in [1.29, 1.82) is 0 Å². The third-order valence-corrected chi connectivity index (χ3v) is 3.99. The zero-order chi connectivity index (χ0) is 13.7. The summed E-state index contributed by atoms with van der Waals surface area (Å²) in [6, 6.07) is 14.1. The molecule has 0 aliphatic rings. The maximum Gasteiger partial charge on any atom is 0.120 e. The van der Waals surface area contributed by atoms with Gasteiger partial charge < -0.3 is 15.8 Å². The van der Waals surface area contributed by atoms with Crippen molar-refractivity contribution in [3.05, 3.63) is 48.0 Å². The third kappa shape index (κ3) is 3.43. The van der Waals surface area contributed by atoms with Crippen molar-refractivity contribution < 1.29 is 4.74 Å². The lowest BCUT2D eigenvalue weighted by Crippen LogP contribution is -2.05. The summed E-state index contributed by atoms with van der Waals surface area (Å²) in [7, 11) is 3.59. The number of hydrogen-bond acceptors (Lipinski definition) is 4. The highest BCUT2D eigenvalue weighted by molar-refractivity contribution is 7.99. The molecule has 0 amide bonds. The van der Waals surface area contributed by atoms with Crippen LogP contribution in [0.15, 0.2) is 52.3 Å². The fourth-order valence-electron chi connectivity index (χ4n) is 1.80. The van der Waals surface area contributed by atoms with Crippen LogP contribution in [0.4, 0.5) is 5.69 Å². The van der Waals surface area contributed by atoms with Gasteiger partial charge in [0.25, 0.3) is 0 Å². The maximum absolute atomic E-state index is 6.05. The van der Waals surface area contributed by atoms with Gasteiger partial charge in [0, 0.05) is 28.1 Å². The molecular weight excluding hydrogens is 256 g/mol. The van der Waals surface area contributed by atoms with Gasteiger partial charge in [0.05, 0.1) is 7.11 Å². The molecule has 0 aliphatic carbocycles. The van der Waals surface area contributed by atoms with Crippen LogP contribution in [0.25, 0.3) is 0 Å². The van der Waals surface area contributed by atoms with E-state index in [1.54, 1.807) is 18.9 Å². The molecule has 0 unspecified atom stereocenters. The van der Waals surface area contributed by atoms with Gasteiger partial charge in [-0.15, -0.1) is 0 Å². The fraction of sp³-hybridized carbons (Fsp3) is 0.200. The first-order chi connectivity index (χ1) is 9.24. The van der Waals surface area contributed by atoms with E-state index >= 15 is 0 Å². The Bertz CT molecular complexity index is 558. The van der Waals surface area contributed by atoms with Crippen LogP contribution in [-0.2, 0) is 6.54 Å². The van der Waals surface area contributed by atoms with Gasteiger partial charge in [-0.3, -0.25) is 0 Å². The van der Waals surface area contributed by atoms with Gasteiger partial charge in [0.1, 0.15) is 5.75 Å². The normalized spacial score (nSPS) is 10.4. The average molecular weight is 274 g/mol. The number of nitrogen functional groups attached to an aromatic ring is 1. The van der Waals surface area contributed by atoms with E-state index in [4.69, 9.17) is 10.5 Å². The Kier molecular flexibility index (Phi) is 4.71. The number of methoxy groups -OCH3 is 1. The zero-order valence-corrected chi connectivity index (χ0v) is 12.0. The molecule has 2 aromatic carbocycles. The summed E-state index contributed by atoms with van der Waals surface area (Å²) in [5.74, 6) is 0.783. The molecule has 0 radical (unpaired) electrons. The molecule has 0 bridgehead atoms. The van der Waals surface area contributed by atoms with Crippen molar-refractivity contribution >= 4 is 17.4 Å². The van der Waals surface area contributed by atoms with Crippen molar-refractivity contribution in [3.8, 4) is 5.75 Å². The molecular formula is C15H18N2OS. The molecule has 0 fully saturated rings. The molecule has 0 saturated carbocycles. The summed E-state index contributed by atoms with van der Waals surface area (Å²) in [5.41, 5.74) is 8.06. The minimum Gasteiger partial charge on any atom is -0.497 e. The Balaban J connectivity index is 2.26. The molecule has 2 aromatic rings. The molecule has 19 heavy (non-hydrogen) atoms. The minimum atomic E-state index is 0.739. The van der Waals surface area contributed by atoms with Gasteiger partial charge in [-0.2, -0.15) is 0 Å². The standard InChI is InChI=1S/C15H18N2OS/c1-17-10-11-5-3-4-6-14(11)19-15-8-7-12(18-2)9-13(15)16/h3-9,17H,10,16H2,1-2H3. The topological polar surface area (TPSA) is 47.3 Å². The molecule has 0 saturated heterocycles. The number of hydrogen-bond donors (Lipinski definition) is 2.